The normalized spacial score (nSPS) is 11.1. The summed E-state index contributed by atoms with van der Waals surface area (Å²) in [6, 6.07) is 13.6. The van der Waals surface area contributed by atoms with Crippen LogP contribution >= 0.6 is 0 Å². The maximum absolute atomic E-state index is 12.7. The fourth-order valence-corrected chi connectivity index (χ4v) is 3.01. The predicted octanol–water partition coefficient (Wildman–Crippen LogP) is 4.76. The van der Waals surface area contributed by atoms with Gasteiger partial charge in [0.05, 0.1) is 13.0 Å². The number of ether oxygens (including phenoxy) is 1. The lowest BCUT2D eigenvalue weighted by molar-refractivity contribution is -0.128. The van der Waals surface area contributed by atoms with E-state index >= 15 is 0 Å². The van der Waals surface area contributed by atoms with Gasteiger partial charge in [0.15, 0.2) is 0 Å². The zero-order valence-electron chi connectivity index (χ0n) is 19.0. The number of likely N-dealkylation sites (N-methyl/N-ethyl adjacent to an activating group) is 1. The molecule has 2 aromatic rings. The number of rotatable bonds is 9. The molecule has 0 aliphatic carbocycles. The Bertz CT molecular complexity index is 870. The molecule has 5 nitrogen and oxygen atoms in total. The minimum Gasteiger partial charge on any atom is -0.493 e. The molecule has 0 aliphatic heterocycles. The van der Waals surface area contributed by atoms with Crippen LogP contribution in [0.3, 0.4) is 0 Å². The summed E-state index contributed by atoms with van der Waals surface area (Å²) >= 11 is 0. The molecule has 5 heteroatoms. The first kappa shape index (κ1) is 23.5. The van der Waals surface area contributed by atoms with Gasteiger partial charge in [0.1, 0.15) is 5.75 Å². The second kappa shape index (κ2) is 10.3. The van der Waals surface area contributed by atoms with Gasteiger partial charge in [-0.05, 0) is 61.6 Å². The third kappa shape index (κ3) is 6.90. The summed E-state index contributed by atoms with van der Waals surface area (Å²) in [5.74, 6) is 0.937. The summed E-state index contributed by atoms with van der Waals surface area (Å²) in [6.07, 6.45) is 1.87. The van der Waals surface area contributed by atoms with E-state index in [1.165, 1.54) is 5.56 Å². The van der Waals surface area contributed by atoms with Gasteiger partial charge in [-0.3, -0.25) is 9.59 Å². The van der Waals surface area contributed by atoms with Crippen molar-refractivity contribution in [3.8, 4) is 5.75 Å². The van der Waals surface area contributed by atoms with Crippen LogP contribution in [0.25, 0.3) is 0 Å². The molecule has 2 amide bonds. The Labute approximate surface area is 180 Å². The summed E-state index contributed by atoms with van der Waals surface area (Å²) in [4.78, 5) is 26.1. The van der Waals surface area contributed by atoms with Crippen molar-refractivity contribution in [2.75, 3.05) is 26.0 Å². The van der Waals surface area contributed by atoms with Gasteiger partial charge in [-0.2, -0.15) is 0 Å². The molecule has 2 rings (SSSR count). The monoisotopic (exact) mass is 410 g/mol. The molecule has 0 fully saturated rings. The number of hydrogen-bond donors (Lipinski definition) is 1. The Morgan fingerprint density at radius 1 is 1.03 bits per heavy atom. The number of carbonyl (C=O) groups excluding carboxylic acids is 2. The molecule has 0 spiro atoms. The smallest absolute Gasteiger partial charge is 0.230 e. The zero-order chi connectivity index (χ0) is 22.3. The molecular formula is C25H34N2O3. The Morgan fingerprint density at radius 2 is 1.70 bits per heavy atom. The summed E-state index contributed by atoms with van der Waals surface area (Å²) in [7, 11) is 3.48. The van der Waals surface area contributed by atoms with Crippen molar-refractivity contribution in [2.24, 2.45) is 5.41 Å². The number of nitrogens with zero attached hydrogens (tertiary/aromatic N) is 1. The van der Waals surface area contributed by atoms with Gasteiger partial charge in [-0.25, -0.2) is 0 Å². The van der Waals surface area contributed by atoms with E-state index in [9.17, 15) is 9.59 Å². The van der Waals surface area contributed by atoms with Crippen LogP contribution in [0.2, 0.25) is 0 Å². The summed E-state index contributed by atoms with van der Waals surface area (Å²) < 4.78 is 5.91. The fourth-order valence-electron chi connectivity index (χ4n) is 3.01. The van der Waals surface area contributed by atoms with Crippen LogP contribution in [0.5, 0.6) is 5.75 Å². The van der Waals surface area contributed by atoms with Crippen LogP contribution in [0.4, 0.5) is 5.69 Å². The van der Waals surface area contributed by atoms with Gasteiger partial charge in [0.2, 0.25) is 11.8 Å². The van der Waals surface area contributed by atoms with Crippen molar-refractivity contribution >= 4 is 17.5 Å². The van der Waals surface area contributed by atoms with E-state index in [2.05, 4.69) is 17.4 Å². The molecule has 0 bridgehead atoms. The lowest BCUT2D eigenvalue weighted by Gasteiger charge is -2.24. The van der Waals surface area contributed by atoms with E-state index in [0.29, 0.717) is 13.0 Å². The molecule has 162 valence electrons. The molecule has 30 heavy (non-hydrogen) atoms. The Kier molecular flexibility index (Phi) is 8.04. The summed E-state index contributed by atoms with van der Waals surface area (Å²) in [6.45, 7) is 8.56. The van der Waals surface area contributed by atoms with Crippen molar-refractivity contribution in [1.29, 1.82) is 0 Å². The summed E-state index contributed by atoms with van der Waals surface area (Å²) in [5, 5.41) is 2.99. The molecule has 1 N–H and O–H groups in total. The van der Waals surface area contributed by atoms with Crippen molar-refractivity contribution in [1.82, 2.24) is 4.90 Å². The number of amides is 2. The van der Waals surface area contributed by atoms with Crippen molar-refractivity contribution in [3.63, 3.8) is 0 Å². The second-order valence-corrected chi connectivity index (χ2v) is 8.72. The average molecular weight is 411 g/mol. The third-order valence-electron chi connectivity index (χ3n) is 5.23. The van der Waals surface area contributed by atoms with Gasteiger partial charge in [-0.15, -0.1) is 0 Å². The van der Waals surface area contributed by atoms with Gasteiger partial charge in [0.25, 0.3) is 0 Å². The average Bonchev–Trinajstić information content (AvgIpc) is 2.69. The number of hydrogen-bond acceptors (Lipinski definition) is 3. The van der Waals surface area contributed by atoms with Crippen LogP contribution in [-0.4, -0.2) is 37.4 Å². The maximum atomic E-state index is 12.7. The Hall–Kier alpha value is -2.82. The van der Waals surface area contributed by atoms with E-state index in [0.717, 1.165) is 35.4 Å². The number of anilines is 1. The predicted molar refractivity (Wildman–Crippen MR) is 122 cm³/mol. The first-order valence-corrected chi connectivity index (χ1v) is 10.4. The van der Waals surface area contributed by atoms with E-state index < -0.39 is 5.41 Å². The molecule has 0 saturated carbocycles. The van der Waals surface area contributed by atoms with Crippen LogP contribution in [-0.2, 0) is 16.0 Å². The van der Waals surface area contributed by atoms with Gasteiger partial charge >= 0.3 is 0 Å². The lowest BCUT2D eigenvalue weighted by Crippen LogP contribution is -2.31. The zero-order valence-corrected chi connectivity index (χ0v) is 19.0. The van der Waals surface area contributed by atoms with Gasteiger partial charge in [-0.1, -0.05) is 38.1 Å². The fraction of sp³-hybridized carbons (Fsp3) is 0.440. The van der Waals surface area contributed by atoms with Crippen molar-refractivity contribution < 1.29 is 14.3 Å². The standard InChI is InChI=1S/C25H34N2O3/c1-18-8-9-19(2)22(16-18)30-15-7-14-25(3,4)24(29)26-21-12-10-20(11-13-21)17-23(28)27(5)6/h8-13,16H,7,14-15,17H2,1-6H3,(H,26,29). The summed E-state index contributed by atoms with van der Waals surface area (Å²) in [5.41, 5.74) is 3.45. The highest BCUT2D eigenvalue weighted by atomic mass is 16.5. The van der Waals surface area contributed by atoms with Crippen molar-refractivity contribution in [2.45, 2.75) is 47.0 Å². The van der Waals surface area contributed by atoms with E-state index in [1.807, 2.05) is 58.0 Å². The van der Waals surface area contributed by atoms with E-state index in [-0.39, 0.29) is 11.8 Å². The number of carbonyl (C=O) groups is 2. The molecule has 0 atom stereocenters. The van der Waals surface area contributed by atoms with Crippen LogP contribution in [0.15, 0.2) is 42.5 Å². The molecule has 2 aromatic carbocycles. The Balaban J connectivity index is 1.83. The van der Waals surface area contributed by atoms with Crippen LogP contribution in [0, 0.1) is 19.3 Å². The maximum Gasteiger partial charge on any atom is 0.230 e. The highest BCUT2D eigenvalue weighted by Crippen LogP contribution is 2.26. The SMILES string of the molecule is Cc1ccc(C)c(OCCCC(C)(C)C(=O)Nc2ccc(CC(=O)N(C)C)cc2)c1. The highest BCUT2D eigenvalue weighted by molar-refractivity contribution is 5.94. The molecule has 0 aromatic heterocycles. The molecule has 0 aliphatic rings. The molecule has 0 heterocycles. The molecular weight excluding hydrogens is 376 g/mol. The van der Waals surface area contributed by atoms with Crippen LogP contribution in [0.1, 0.15) is 43.4 Å². The quantitative estimate of drug-likeness (QED) is 0.607. The number of benzene rings is 2. The highest BCUT2D eigenvalue weighted by Gasteiger charge is 2.27. The topological polar surface area (TPSA) is 58.6 Å². The van der Waals surface area contributed by atoms with Crippen LogP contribution < -0.4 is 10.1 Å². The van der Waals surface area contributed by atoms with Gasteiger partial charge < -0.3 is 15.0 Å². The largest absolute Gasteiger partial charge is 0.493 e. The first-order chi connectivity index (χ1) is 14.1. The molecule has 0 saturated heterocycles. The first-order valence-electron chi connectivity index (χ1n) is 10.4. The van der Waals surface area contributed by atoms with Crippen molar-refractivity contribution in [3.05, 3.63) is 59.2 Å². The third-order valence-corrected chi connectivity index (χ3v) is 5.23. The molecule has 0 unspecified atom stereocenters. The van der Waals surface area contributed by atoms with Gasteiger partial charge in [0, 0.05) is 25.2 Å². The number of aryl methyl sites for hydroxylation is 2. The Morgan fingerprint density at radius 3 is 2.33 bits per heavy atom. The van der Waals surface area contributed by atoms with E-state index in [1.54, 1.807) is 19.0 Å². The second-order valence-electron chi connectivity index (χ2n) is 8.72. The lowest BCUT2D eigenvalue weighted by atomic mass is 9.87. The van der Waals surface area contributed by atoms with E-state index in [4.69, 9.17) is 4.74 Å². The minimum absolute atomic E-state index is 0.0219. The number of nitrogens with one attached hydrogen (secondary N) is 1. The molecule has 0 radical (unpaired) electrons. The minimum atomic E-state index is -0.509.